The number of hydrogen-bond donors (Lipinski definition) is 1. The fourth-order valence-corrected chi connectivity index (χ4v) is 1.72. The minimum Gasteiger partial charge on any atom is -0.565 e. The molecule has 0 heterocycles. The molecule has 0 aromatic heterocycles. The van der Waals surface area contributed by atoms with E-state index in [1.165, 1.54) is 57.9 Å². The van der Waals surface area contributed by atoms with E-state index < -0.39 is 6.16 Å². The first kappa shape index (κ1) is 19.6. The van der Waals surface area contributed by atoms with Gasteiger partial charge in [-0.1, -0.05) is 45.4 Å². The van der Waals surface area contributed by atoms with Crippen molar-refractivity contribution >= 4 is 6.16 Å². The van der Waals surface area contributed by atoms with Gasteiger partial charge < -0.3 is 19.5 Å². The lowest BCUT2D eigenvalue weighted by atomic mass is 10.1. The summed E-state index contributed by atoms with van der Waals surface area (Å²) in [6.45, 7) is 3.61. The van der Waals surface area contributed by atoms with Gasteiger partial charge in [0.15, 0.2) is 0 Å². The molecule has 0 amide bonds. The Morgan fingerprint density at radius 1 is 0.944 bits per heavy atom. The minimum absolute atomic E-state index is 1.12. The molecule has 18 heavy (non-hydrogen) atoms. The highest BCUT2D eigenvalue weighted by Gasteiger charge is 2.04. The monoisotopic (exact) mass is 261 g/mol. The van der Waals surface area contributed by atoms with Crippen molar-refractivity contribution in [3.05, 3.63) is 0 Å². The lowest BCUT2D eigenvalue weighted by molar-refractivity contribution is -0.870. The second-order valence-corrected chi connectivity index (χ2v) is 5.75. The number of nitrogens with zero attached hydrogens (tertiary/aromatic N) is 1. The molecule has 0 atom stereocenters. The SMILES string of the molecule is CCCCCCCCCC[N+](C)(C)C.O=C([O-])O. The molecule has 0 fully saturated rings. The van der Waals surface area contributed by atoms with Crippen molar-refractivity contribution in [1.29, 1.82) is 0 Å². The standard InChI is InChI=1S/C13H30N.CH2O3/c1-5-6-7-8-9-10-11-12-13-14(2,3)4;2-1(3)4/h5-13H2,1-4H3;(H2,2,3,4)/q+1;/p-1. The maximum absolute atomic E-state index is 8.44. The molecule has 0 saturated carbocycles. The van der Waals surface area contributed by atoms with E-state index in [4.69, 9.17) is 15.0 Å². The lowest BCUT2D eigenvalue weighted by Gasteiger charge is -2.23. The van der Waals surface area contributed by atoms with Crippen molar-refractivity contribution in [2.24, 2.45) is 0 Å². The van der Waals surface area contributed by atoms with E-state index in [1.54, 1.807) is 0 Å². The zero-order valence-electron chi connectivity index (χ0n) is 12.6. The number of rotatable bonds is 9. The predicted octanol–water partition coefficient (Wildman–Crippen LogP) is 2.72. The van der Waals surface area contributed by atoms with E-state index >= 15 is 0 Å². The average Bonchev–Trinajstić information content (AvgIpc) is 2.19. The molecule has 0 saturated heterocycles. The minimum atomic E-state index is -2.08. The highest BCUT2D eigenvalue weighted by molar-refractivity contribution is 5.50. The summed E-state index contributed by atoms with van der Waals surface area (Å²) in [5.41, 5.74) is 0. The highest BCUT2D eigenvalue weighted by atomic mass is 16.6. The Bertz CT molecular complexity index is 184. The summed E-state index contributed by atoms with van der Waals surface area (Å²) in [7, 11) is 6.84. The second-order valence-electron chi connectivity index (χ2n) is 5.75. The van der Waals surface area contributed by atoms with Gasteiger partial charge >= 0.3 is 0 Å². The normalized spacial score (nSPS) is 10.7. The van der Waals surface area contributed by atoms with Crippen LogP contribution in [0.3, 0.4) is 0 Å². The molecule has 0 aliphatic rings. The Labute approximate surface area is 112 Å². The first-order valence-electron chi connectivity index (χ1n) is 7.00. The molecule has 0 aromatic rings. The Balaban J connectivity index is 0. The van der Waals surface area contributed by atoms with Gasteiger partial charge in [0.05, 0.1) is 27.7 Å². The quantitative estimate of drug-likeness (QED) is 0.513. The predicted molar refractivity (Wildman–Crippen MR) is 73.5 cm³/mol. The van der Waals surface area contributed by atoms with Crippen molar-refractivity contribution in [3.8, 4) is 0 Å². The van der Waals surface area contributed by atoms with Gasteiger partial charge in [0.25, 0.3) is 0 Å². The van der Waals surface area contributed by atoms with Crippen LogP contribution in [0.1, 0.15) is 58.3 Å². The molecule has 4 nitrogen and oxygen atoms in total. The number of carboxylic acid groups (broad SMARTS) is 2. The number of carbonyl (C=O) groups is 1. The van der Waals surface area contributed by atoms with Crippen LogP contribution in [0.5, 0.6) is 0 Å². The van der Waals surface area contributed by atoms with Crippen LogP contribution >= 0.6 is 0 Å². The van der Waals surface area contributed by atoms with Crippen LogP contribution in [0.2, 0.25) is 0 Å². The van der Waals surface area contributed by atoms with E-state index in [0.29, 0.717) is 0 Å². The smallest absolute Gasteiger partial charge is 0.249 e. The molecular weight excluding hydrogens is 230 g/mol. The van der Waals surface area contributed by atoms with Gasteiger partial charge in [-0.15, -0.1) is 0 Å². The number of unbranched alkanes of at least 4 members (excludes halogenated alkanes) is 7. The zero-order chi connectivity index (χ0) is 14.4. The summed E-state index contributed by atoms with van der Waals surface area (Å²) >= 11 is 0. The van der Waals surface area contributed by atoms with E-state index in [-0.39, 0.29) is 0 Å². The van der Waals surface area contributed by atoms with Gasteiger partial charge in [0.2, 0.25) is 6.16 Å². The van der Waals surface area contributed by atoms with E-state index in [2.05, 4.69) is 28.1 Å². The third kappa shape index (κ3) is 29.5. The topological polar surface area (TPSA) is 60.4 Å². The van der Waals surface area contributed by atoms with Gasteiger partial charge in [0, 0.05) is 0 Å². The van der Waals surface area contributed by atoms with Gasteiger partial charge in [-0.2, -0.15) is 0 Å². The van der Waals surface area contributed by atoms with Crippen LogP contribution in [0.25, 0.3) is 0 Å². The Hall–Kier alpha value is -0.770. The number of hydrogen-bond acceptors (Lipinski definition) is 2. The number of quaternary nitrogens is 1. The molecule has 4 heteroatoms. The first-order chi connectivity index (χ1) is 8.29. The van der Waals surface area contributed by atoms with Crippen molar-refractivity contribution in [2.45, 2.75) is 58.3 Å². The Morgan fingerprint density at radius 2 is 1.28 bits per heavy atom. The van der Waals surface area contributed by atoms with Crippen molar-refractivity contribution in [2.75, 3.05) is 27.7 Å². The van der Waals surface area contributed by atoms with Crippen LogP contribution < -0.4 is 5.11 Å². The molecule has 0 bridgehead atoms. The summed E-state index contributed by atoms with van der Waals surface area (Å²) in [6, 6.07) is 0. The molecule has 0 aliphatic heterocycles. The third-order valence-electron chi connectivity index (χ3n) is 2.68. The molecule has 110 valence electrons. The van der Waals surface area contributed by atoms with E-state index in [1.807, 2.05) is 0 Å². The molecule has 0 rings (SSSR count). The first-order valence-corrected chi connectivity index (χ1v) is 7.00. The molecule has 0 radical (unpaired) electrons. The van der Waals surface area contributed by atoms with Crippen LogP contribution in [0, 0.1) is 0 Å². The van der Waals surface area contributed by atoms with Gasteiger partial charge in [-0.3, -0.25) is 0 Å². The summed E-state index contributed by atoms with van der Waals surface area (Å²) < 4.78 is 1.12. The molecule has 0 spiro atoms. The maximum atomic E-state index is 8.44. The third-order valence-corrected chi connectivity index (χ3v) is 2.68. The Kier molecular flexibility index (Phi) is 13.8. The average molecular weight is 261 g/mol. The maximum Gasteiger partial charge on any atom is 0.249 e. The van der Waals surface area contributed by atoms with E-state index in [9.17, 15) is 0 Å². The lowest BCUT2D eigenvalue weighted by Crippen LogP contribution is -2.35. The van der Waals surface area contributed by atoms with Crippen LogP contribution in [0.4, 0.5) is 4.79 Å². The highest BCUT2D eigenvalue weighted by Crippen LogP contribution is 2.09. The molecule has 0 unspecified atom stereocenters. The van der Waals surface area contributed by atoms with Crippen LogP contribution in [-0.2, 0) is 0 Å². The fourth-order valence-electron chi connectivity index (χ4n) is 1.72. The summed E-state index contributed by atoms with van der Waals surface area (Å²) in [4.78, 5) is 8.44. The zero-order valence-corrected chi connectivity index (χ0v) is 12.6. The fraction of sp³-hybridized carbons (Fsp3) is 0.929. The molecule has 1 N–H and O–H groups in total. The summed E-state index contributed by atoms with van der Waals surface area (Å²) in [6.07, 6.45) is 9.35. The van der Waals surface area contributed by atoms with Gasteiger partial charge in [0.1, 0.15) is 0 Å². The largest absolute Gasteiger partial charge is 0.565 e. The summed E-state index contributed by atoms with van der Waals surface area (Å²) in [5.74, 6) is 0. The molecule has 0 aromatic carbocycles. The molecule has 0 aliphatic carbocycles. The summed E-state index contributed by atoms with van der Waals surface area (Å²) in [5, 5.41) is 15.3. The van der Waals surface area contributed by atoms with Crippen LogP contribution in [0.15, 0.2) is 0 Å². The van der Waals surface area contributed by atoms with E-state index in [0.717, 1.165) is 4.48 Å². The van der Waals surface area contributed by atoms with Gasteiger partial charge in [-0.05, 0) is 12.8 Å². The second kappa shape index (κ2) is 12.7. The van der Waals surface area contributed by atoms with Crippen LogP contribution in [-0.4, -0.2) is 43.4 Å². The molecular formula is C14H31NO3. The van der Waals surface area contributed by atoms with Crippen molar-refractivity contribution in [1.82, 2.24) is 0 Å². The Morgan fingerprint density at radius 3 is 1.61 bits per heavy atom. The van der Waals surface area contributed by atoms with Crippen molar-refractivity contribution in [3.63, 3.8) is 0 Å². The van der Waals surface area contributed by atoms with Crippen molar-refractivity contribution < 1.29 is 19.5 Å². The van der Waals surface area contributed by atoms with Gasteiger partial charge in [-0.25, -0.2) is 0 Å².